The molecule has 0 heterocycles. The third kappa shape index (κ3) is 2.91. The van der Waals surface area contributed by atoms with Crippen LogP contribution in [0.2, 0.25) is 0 Å². The lowest BCUT2D eigenvalue weighted by atomic mass is 10.1. The molecule has 0 saturated carbocycles. The molecule has 74 valence electrons. The van der Waals surface area contributed by atoms with Gasteiger partial charge in [0.2, 0.25) is 0 Å². The highest BCUT2D eigenvalue weighted by Crippen LogP contribution is 2.25. The van der Waals surface area contributed by atoms with Gasteiger partial charge in [-0.3, -0.25) is 0 Å². The van der Waals surface area contributed by atoms with Crippen LogP contribution in [-0.4, -0.2) is 21.6 Å². The molecule has 0 fully saturated rings. The smallest absolute Gasteiger partial charge is 0.478 e. The van der Waals surface area contributed by atoms with Crippen molar-refractivity contribution in [2.45, 2.75) is 12.1 Å². The Hall–Kier alpha value is -1.25. The van der Waals surface area contributed by atoms with E-state index in [-0.39, 0.29) is 6.42 Å². The van der Waals surface area contributed by atoms with Crippen molar-refractivity contribution in [2.24, 2.45) is 0 Å². The summed E-state index contributed by atoms with van der Waals surface area (Å²) in [6.45, 7) is 0. The van der Waals surface area contributed by atoms with Gasteiger partial charge in [-0.1, -0.05) is 30.3 Å². The average Bonchev–Trinajstić information content (AvgIpc) is 2.15. The van der Waals surface area contributed by atoms with Gasteiger partial charge in [0.05, 0.1) is 0 Å². The first kappa shape index (κ1) is 10.8. The number of benzene rings is 1. The quantitative estimate of drug-likeness (QED) is 0.741. The minimum absolute atomic E-state index is 0.0852. The van der Waals surface area contributed by atoms with Crippen molar-refractivity contribution in [1.29, 1.82) is 0 Å². The molecule has 2 N–H and O–H groups in total. The molecule has 1 unspecified atom stereocenters. The molecule has 1 aromatic carbocycles. The van der Waals surface area contributed by atoms with Gasteiger partial charge in [-0.05, 0) is 10.1 Å². The molecule has 0 spiro atoms. The second-order valence-electron chi connectivity index (χ2n) is 2.85. The SMILES string of the molecule is O=C(O)[C@@H](Cc1ccccc1)[P+](=O)O. The van der Waals surface area contributed by atoms with Crippen molar-refractivity contribution in [1.82, 2.24) is 0 Å². The maximum Gasteiger partial charge on any atom is 0.521 e. The predicted octanol–water partition coefficient (Wildman–Crippen LogP) is 1.42. The summed E-state index contributed by atoms with van der Waals surface area (Å²) < 4.78 is 10.7. The van der Waals surface area contributed by atoms with E-state index in [2.05, 4.69) is 0 Å². The normalized spacial score (nSPS) is 13.4. The number of carboxylic acids is 1. The van der Waals surface area contributed by atoms with Crippen LogP contribution in [0.1, 0.15) is 5.56 Å². The Balaban J connectivity index is 2.75. The van der Waals surface area contributed by atoms with E-state index in [0.717, 1.165) is 5.56 Å². The number of aliphatic carboxylic acids is 1. The first-order chi connectivity index (χ1) is 6.61. The summed E-state index contributed by atoms with van der Waals surface area (Å²) in [7, 11) is -2.68. The van der Waals surface area contributed by atoms with Gasteiger partial charge in [-0.25, -0.2) is 4.79 Å². The van der Waals surface area contributed by atoms with Crippen LogP contribution in [0.15, 0.2) is 30.3 Å². The lowest BCUT2D eigenvalue weighted by Gasteiger charge is -1.99. The zero-order chi connectivity index (χ0) is 10.6. The average molecular weight is 213 g/mol. The monoisotopic (exact) mass is 213 g/mol. The predicted molar refractivity (Wildman–Crippen MR) is 51.4 cm³/mol. The van der Waals surface area contributed by atoms with Crippen LogP contribution in [-0.2, 0) is 15.8 Å². The molecule has 0 aliphatic heterocycles. The zero-order valence-corrected chi connectivity index (χ0v) is 8.22. The molecule has 1 rings (SSSR count). The molecule has 2 atom stereocenters. The number of carboxylic acid groups (broad SMARTS) is 1. The van der Waals surface area contributed by atoms with E-state index < -0.39 is 19.7 Å². The van der Waals surface area contributed by atoms with Crippen molar-refractivity contribution in [3.8, 4) is 0 Å². The maximum absolute atomic E-state index is 10.7. The van der Waals surface area contributed by atoms with Gasteiger partial charge in [0, 0.05) is 6.42 Å². The van der Waals surface area contributed by atoms with Crippen LogP contribution in [0.3, 0.4) is 0 Å². The Labute approximate surface area is 82.1 Å². The Morgan fingerprint density at radius 1 is 1.36 bits per heavy atom. The summed E-state index contributed by atoms with van der Waals surface area (Å²) in [4.78, 5) is 19.4. The highest BCUT2D eigenvalue weighted by molar-refractivity contribution is 7.40. The molecular formula is C9H10O4P+. The highest BCUT2D eigenvalue weighted by Gasteiger charge is 2.36. The molecule has 1 aromatic rings. The Kier molecular flexibility index (Phi) is 3.74. The summed E-state index contributed by atoms with van der Waals surface area (Å²) in [6.07, 6.45) is 0.0852. The summed E-state index contributed by atoms with van der Waals surface area (Å²) in [5, 5.41) is 8.66. The van der Waals surface area contributed by atoms with Gasteiger partial charge in [-0.15, -0.1) is 0 Å². The maximum atomic E-state index is 10.7. The van der Waals surface area contributed by atoms with E-state index in [9.17, 15) is 9.36 Å². The number of hydrogen-bond donors (Lipinski definition) is 2. The third-order valence-electron chi connectivity index (χ3n) is 1.82. The molecule has 4 nitrogen and oxygen atoms in total. The summed E-state index contributed by atoms with van der Waals surface area (Å²) in [6, 6.07) is 8.79. The first-order valence-electron chi connectivity index (χ1n) is 4.03. The van der Waals surface area contributed by atoms with E-state index >= 15 is 0 Å². The minimum Gasteiger partial charge on any atom is -0.478 e. The molecule has 0 aromatic heterocycles. The molecular weight excluding hydrogens is 203 g/mol. The Morgan fingerprint density at radius 3 is 2.36 bits per heavy atom. The van der Waals surface area contributed by atoms with Gasteiger partial charge in [0.1, 0.15) is 0 Å². The molecule has 0 aliphatic carbocycles. The van der Waals surface area contributed by atoms with Gasteiger partial charge in [-0.2, -0.15) is 4.89 Å². The zero-order valence-electron chi connectivity index (χ0n) is 7.33. The van der Waals surface area contributed by atoms with Crippen molar-refractivity contribution in [2.75, 3.05) is 0 Å². The number of hydrogen-bond acceptors (Lipinski definition) is 2. The summed E-state index contributed by atoms with van der Waals surface area (Å²) >= 11 is 0. The minimum atomic E-state index is -2.68. The lowest BCUT2D eigenvalue weighted by Crippen LogP contribution is -2.18. The van der Waals surface area contributed by atoms with E-state index in [1.807, 2.05) is 0 Å². The van der Waals surface area contributed by atoms with Crippen LogP contribution in [0.5, 0.6) is 0 Å². The standard InChI is InChI=1S/C9H9O4P/c10-9(11)8(14(12)13)6-7-4-2-1-3-5-7/h1-5,8H,6H2,(H-,10,11,12,13)/p+1/t8-/m1/s1. The van der Waals surface area contributed by atoms with Crippen LogP contribution in [0, 0.1) is 0 Å². The van der Waals surface area contributed by atoms with E-state index in [0.29, 0.717) is 0 Å². The number of rotatable bonds is 4. The molecule has 0 amide bonds. The molecule has 0 saturated heterocycles. The van der Waals surface area contributed by atoms with Gasteiger partial charge < -0.3 is 5.11 Å². The van der Waals surface area contributed by atoms with Crippen molar-refractivity contribution >= 4 is 14.0 Å². The fraction of sp³-hybridized carbons (Fsp3) is 0.222. The fourth-order valence-corrected chi connectivity index (χ4v) is 1.65. The molecule has 0 bridgehead atoms. The fourth-order valence-electron chi connectivity index (χ4n) is 1.10. The number of carbonyl (C=O) groups is 1. The van der Waals surface area contributed by atoms with Crippen LogP contribution < -0.4 is 0 Å². The third-order valence-corrected chi connectivity index (χ3v) is 2.76. The van der Waals surface area contributed by atoms with E-state index in [1.54, 1.807) is 30.3 Å². The molecule has 5 heteroatoms. The lowest BCUT2D eigenvalue weighted by molar-refractivity contribution is -0.136. The first-order valence-corrected chi connectivity index (χ1v) is 5.31. The van der Waals surface area contributed by atoms with Crippen LogP contribution >= 0.6 is 8.03 Å². The summed E-state index contributed by atoms with van der Waals surface area (Å²) in [5.41, 5.74) is -0.468. The van der Waals surface area contributed by atoms with Crippen LogP contribution in [0.4, 0.5) is 0 Å². The van der Waals surface area contributed by atoms with Gasteiger partial charge >= 0.3 is 14.0 Å². The second kappa shape index (κ2) is 4.84. The van der Waals surface area contributed by atoms with E-state index in [1.165, 1.54) is 0 Å². The van der Waals surface area contributed by atoms with Gasteiger partial charge in [0.25, 0.3) is 5.66 Å². The Morgan fingerprint density at radius 2 is 1.93 bits per heavy atom. The van der Waals surface area contributed by atoms with Crippen molar-refractivity contribution in [3.05, 3.63) is 35.9 Å². The second-order valence-corrected chi connectivity index (χ2v) is 4.07. The van der Waals surface area contributed by atoms with Crippen molar-refractivity contribution in [3.63, 3.8) is 0 Å². The van der Waals surface area contributed by atoms with Gasteiger partial charge in [0.15, 0.2) is 0 Å². The van der Waals surface area contributed by atoms with Crippen molar-refractivity contribution < 1.29 is 19.4 Å². The molecule has 14 heavy (non-hydrogen) atoms. The summed E-state index contributed by atoms with van der Waals surface area (Å²) in [5.74, 6) is -1.24. The van der Waals surface area contributed by atoms with E-state index in [4.69, 9.17) is 10.00 Å². The van der Waals surface area contributed by atoms with Crippen LogP contribution in [0.25, 0.3) is 0 Å². The Bertz CT molecular complexity index is 322. The topological polar surface area (TPSA) is 74.6 Å². The molecule has 0 aliphatic rings. The molecule has 0 radical (unpaired) electrons. The largest absolute Gasteiger partial charge is 0.521 e. The highest BCUT2D eigenvalue weighted by atomic mass is 31.1.